The van der Waals surface area contributed by atoms with Crippen molar-refractivity contribution in [1.29, 1.82) is 0 Å². The van der Waals surface area contributed by atoms with Gasteiger partial charge in [0.15, 0.2) is 0 Å². The van der Waals surface area contributed by atoms with Gasteiger partial charge in [-0.2, -0.15) is 16.9 Å². The van der Waals surface area contributed by atoms with Crippen LogP contribution >= 0.6 is 24.2 Å². The number of nitrogens with one attached hydrogen (secondary N) is 1. The molecule has 0 bridgehead atoms. The van der Waals surface area contributed by atoms with Gasteiger partial charge in [0.1, 0.15) is 0 Å². The van der Waals surface area contributed by atoms with Crippen LogP contribution in [0.15, 0.2) is 47.6 Å². The Morgan fingerprint density at radius 2 is 1.91 bits per heavy atom. The fourth-order valence-electron chi connectivity index (χ4n) is 4.80. The number of carbonyl (C=O) groups excluding carboxylic acids is 1. The number of rotatable bonds is 7. The van der Waals surface area contributed by atoms with E-state index in [1.165, 1.54) is 11.1 Å². The van der Waals surface area contributed by atoms with E-state index in [-0.39, 0.29) is 36.6 Å². The van der Waals surface area contributed by atoms with Crippen molar-refractivity contribution >= 4 is 47.9 Å². The fraction of sp³-hybridized carbons (Fsp3) is 0.423. The molecule has 1 amide bonds. The van der Waals surface area contributed by atoms with Crippen molar-refractivity contribution in [3.63, 3.8) is 0 Å². The fourth-order valence-corrected chi connectivity index (χ4v) is 5.69. The highest BCUT2D eigenvalue weighted by molar-refractivity contribution is 7.99. The molecule has 2 atom stereocenters. The zero-order chi connectivity index (χ0) is 23.2. The molecule has 1 fully saturated rings. The number of aliphatic carboxylic acids is 1. The second kappa shape index (κ2) is 12.3. The van der Waals surface area contributed by atoms with Crippen molar-refractivity contribution in [3.05, 3.63) is 64.7 Å². The maximum absolute atomic E-state index is 12.8. The van der Waals surface area contributed by atoms with Gasteiger partial charge in [-0.25, -0.2) is 0 Å². The number of nitrogens with zero attached hydrogens (tertiary/aromatic N) is 2. The maximum Gasteiger partial charge on any atom is 0.303 e. The molecule has 2 aromatic carbocycles. The highest BCUT2D eigenvalue weighted by Crippen LogP contribution is 2.41. The van der Waals surface area contributed by atoms with Crippen molar-refractivity contribution in [2.75, 3.05) is 29.9 Å². The van der Waals surface area contributed by atoms with Crippen LogP contribution in [0.4, 0.5) is 5.69 Å². The molecule has 0 aromatic heterocycles. The molecular weight excluding hydrogens is 470 g/mol. The lowest BCUT2D eigenvalue weighted by Crippen LogP contribution is -2.27. The van der Waals surface area contributed by atoms with Crippen LogP contribution in [0.2, 0.25) is 0 Å². The van der Waals surface area contributed by atoms with Gasteiger partial charge in [0.2, 0.25) is 0 Å². The topological polar surface area (TPSA) is 82.0 Å². The van der Waals surface area contributed by atoms with Gasteiger partial charge in [-0.15, -0.1) is 12.4 Å². The number of carbonyl (C=O) groups is 2. The molecule has 0 spiro atoms. The zero-order valence-electron chi connectivity index (χ0n) is 19.4. The van der Waals surface area contributed by atoms with Gasteiger partial charge in [-0.05, 0) is 72.1 Å². The summed E-state index contributed by atoms with van der Waals surface area (Å²) >= 11 is 1.95. The Morgan fingerprint density at radius 1 is 1.18 bits per heavy atom. The largest absolute Gasteiger partial charge is 0.481 e. The standard InChI is InChI=1S/C26H31N3O3S.ClH/c1-2-23-21(15-25(30)31)8-7-19-9-10-22(16-24(19)23)28-26(32)20-5-3-18(4-6-20)17-27-29-11-13-33-14-12-29;/h3-6,9-10,16-17,21,23H,2,7-8,11-15H2,1H3,(H,28,32)(H,30,31);1H. The second-order valence-corrected chi connectivity index (χ2v) is 9.94. The molecule has 1 saturated heterocycles. The number of hydrazone groups is 1. The first kappa shape index (κ1) is 26.1. The summed E-state index contributed by atoms with van der Waals surface area (Å²) in [7, 11) is 0. The van der Waals surface area contributed by atoms with Gasteiger partial charge in [-0.1, -0.05) is 25.1 Å². The summed E-state index contributed by atoms with van der Waals surface area (Å²) in [5, 5.41) is 18.9. The number of benzene rings is 2. The van der Waals surface area contributed by atoms with Crippen LogP contribution in [0, 0.1) is 5.92 Å². The Kier molecular flexibility index (Phi) is 9.42. The smallest absolute Gasteiger partial charge is 0.303 e. The lowest BCUT2D eigenvalue weighted by atomic mass is 9.72. The molecule has 34 heavy (non-hydrogen) atoms. The van der Waals surface area contributed by atoms with Crippen LogP contribution in [-0.4, -0.2) is 52.8 Å². The van der Waals surface area contributed by atoms with E-state index in [1.807, 2.05) is 54.4 Å². The van der Waals surface area contributed by atoms with E-state index in [4.69, 9.17) is 0 Å². The molecule has 1 heterocycles. The van der Waals surface area contributed by atoms with E-state index in [0.717, 1.165) is 55.1 Å². The maximum atomic E-state index is 12.8. The van der Waals surface area contributed by atoms with Crippen LogP contribution in [0.5, 0.6) is 0 Å². The molecule has 2 unspecified atom stereocenters. The number of amides is 1. The molecule has 182 valence electrons. The quantitative estimate of drug-likeness (QED) is 0.505. The summed E-state index contributed by atoms with van der Waals surface area (Å²) in [5.74, 6) is 1.67. The average Bonchev–Trinajstić information content (AvgIpc) is 2.83. The molecule has 6 nitrogen and oxygen atoms in total. The van der Waals surface area contributed by atoms with Crippen molar-refractivity contribution in [2.45, 2.75) is 38.5 Å². The predicted molar refractivity (Wildman–Crippen MR) is 142 cm³/mol. The number of carboxylic acid groups (broad SMARTS) is 1. The number of halogens is 1. The Labute approximate surface area is 211 Å². The van der Waals surface area contributed by atoms with E-state index in [9.17, 15) is 14.7 Å². The molecule has 2 N–H and O–H groups in total. The summed E-state index contributed by atoms with van der Waals surface area (Å²) in [6.45, 7) is 4.05. The lowest BCUT2D eigenvalue weighted by Gasteiger charge is -2.32. The first-order valence-electron chi connectivity index (χ1n) is 11.7. The summed E-state index contributed by atoms with van der Waals surface area (Å²) in [5.41, 5.74) is 4.75. The minimum atomic E-state index is -0.741. The Morgan fingerprint density at radius 3 is 2.59 bits per heavy atom. The minimum absolute atomic E-state index is 0. The Bertz CT molecular complexity index is 1020. The van der Waals surface area contributed by atoms with Gasteiger partial charge in [0, 0.05) is 42.3 Å². The molecule has 2 aliphatic rings. The molecule has 0 radical (unpaired) electrons. The van der Waals surface area contributed by atoms with Crippen LogP contribution in [-0.2, 0) is 11.2 Å². The van der Waals surface area contributed by atoms with Crippen LogP contribution in [0.3, 0.4) is 0 Å². The highest BCUT2D eigenvalue weighted by atomic mass is 35.5. The number of fused-ring (bicyclic) bond motifs is 1. The van der Waals surface area contributed by atoms with Crippen molar-refractivity contribution in [1.82, 2.24) is 5.01 Å². The third-order valence-electron chi connectivity index (χ3n) is 6.56. The summed E-state index contributed by atoms with van der Waals surface area (Å²) < 4.78 is 0. The third-order valence-corrected chi connectivity index (χ3v) is 7.51. The summed E-state index contributed by atoms with van der Waals surface area (Å²) in [6, 6.07) is 13.5. The number of aryl methyl sites for hydroxylation is 1. The Hall–Kier alpha value is -2.51. The van der Waals surface area contributed by atoms with Gasteiger partial charge >= 0.3 is 5.97 Å². The number of anilines is 1. The summed E-state index contributed by atoms with van der Waals surface area (Å²) in [6.07, 6.45) is 4.72. The van der Waals surface area contributed by atoms with Gasteiger partial charge < -0.3 is 10.4 Å². The molecule has 8 heteroatoms. The Balaban J connectivity index is 0.00000324. The van der Waals surface area contributed by atoms with Crippen LogP contribution in [0.1, 0.15) is 59.2 Å². The van der Waals surface area contributed by atoms with E-state index < -0.39 is 5.97 Å². The normalized spacial score (nSPS) is 19.9. The average molecular weight is 502 g/mol. The molecule has 4 rings (SSSR count). The van der Waals surface area contributed by atoms with E-state index in [2.05, 4.69) is 28.4 Å². The van der Waals surface area contributed by atoms with Gasteiger partial charge in [0.25, 0.3) is 5.91 Å². The van der Waals surface area contributed by atoms with Crippen molar-refractivity contribution in [2.24, 2.45) is 11.0 Å². The number of thioether (sulfide) groups is 1. The molecule has 2 aromatic rings. The first-order valence-corrected chi connectivity index (χ1v) is 12.8. The molecular formula is C26H32ClN3O3S. The van der Waals surface area contributed by atoms with Gasteiger partial charge in [-0.3, -0.25) is 14.6 Å². The van der Waals surface area contributed by atoms with Crippen molar-refractivity contribution < 1.29 is 14.7 Å². The number of hydrogen-bond acceptors (Lipinski definition) is 5. The molecule has 1 aliphatic carbocycles. The van der Waals surface area contributed by atoms with Gasteiger partial charge in [0.05, 0.1) is 6.21 Å². The third kappa shape index (κ3) is 6.54. The SMILES string of the molecule is CCC1c2cc(NC(=O)c3ccc(C=NN4CCSCC4)cc3)ccc2CCC1CC(=O)O.Cl. The molecule has 0 saturated carbocycles. The van der Waals surface area contributed by atoms with E-state index in [1.54, 1.807) is 0 Å². The van der Waals surface area contributed by atoms with Crippen LogP contribution in [0.25, 0.3) is 0 Å². The second-order valence-electron chi connectivity index (χ2n) is 8.71. The molecule has 1 aliphatic heterocycles. The summed E-state index contributed by atoms with van der Waals surface area (Å²) in [4.78, 5) is 24.1. The van der Waals surface area contributed by atoms with Crippen molar-refractivity contribution in [3.8, 4) is 0 Å². The zero-order valence-corrected chi connectivity index (χ0v) is 21.0. The highest BCUT2D eigenvalue weighted by Gasteiger charge is 2.30. The van der Waals surface area contributed by atoms with Crippen LogP contribution < -0.4 is 5.32 Å². The van der Waals surface area contributed by atoms with E-state index >= 15 is 0 Å². The first-order chi connectivity index (χ1) is 16.0. The minimum Gasteiger partial charge on any atom is -0.481 e. The number of hydrogen-bond donors (Lipinski definition) is 2. The predicted octanol–water partition coefficient (Wildman–Crippen LogP) is 5.27. The number of carboxylic acids is 1. The van der Waals surface area contributed by atoms with E-state index in [0.29, 0.717) is 5.56 Å². The monoisotopic (exact) mass is 501 g/mol. The lowest BCUT2D eigenvalue weighted by molar-refractivity contribution is -0.138.